The van der Waals surface area contributed by atoms with E-state index >= 15 is 0 Å². The molecule has 0 N–H and O–H groups in total. The van der Waals surface area contributed by atoms with Crippen LogP contribution in [0.5, 0.6) is 0 Å². The first-order valence-electron chi connectivity index (χ1n) is 11.3. The van der Waals surface area contributed by atoms with Crippen molar-refractivity contribution in [3.05, 3.63) is 0 Å². The van der Waals surface area contributed by atoms with Crippen molar-refractivity contribution in [3.8, 4) is 0 Å². The first kappa shape index (κ1) is 23.2. The summed E-state index contributed by atoms with van der Waals surface area (Å²) in [5, 5.41) is 0. The lowest BCUT2D eigenvalue weighted by Crippen LogP contribution is -2.12. The second kappa shape index (κ2) is 20.3. The van der Waals surface area contributed by atoms with E-state index in [1.165, 1.54) is 83.5 Å². The fourth-order valence-electron chi connectivity index (χ4n) is 3.72. The van der Waals surface area contributed by atoms with E-state index in [-0.39, 0.29) is 0 Å². The number of hydrogen-bond donors (Lipinski definition) is 0. The lowest BCUT2D eigenvalue weighted by molar-refractivity contribution is 0.615. The predicted molar refractivity (Wildman–Crippen MR) is 112 cm³/mol. The number of rotatable bonds is 19. The molecule has 23 heavy (non-hydrogen) atoms. The van der Waals surface area contributed by atoms with Gasteiger partial charge in [-0.15, -0.1) is 0 Å². The zero-order valence-corrected chi connectivity index (χ0v) is 18.2. The first-order chi connectivity index (χ1) is 11.3. The highest BCUT2D eigenvalue weighted by molar-refractivity contribution is 6.58. The molecule has 0 aromatic rings. The van der Waals surface area contributed by atoms with Gasteiger partial charge < -0.3 is 0 Å². The van der Waals surface area contributed by atoms with Gasteiger partial charge in [0.25, 0.3) is 0 Å². The molecule has 0 fully saturated rings. The van der Waals surface area contributed by atoms with Gasteiger partial charge in [0.05, 0.1) is 0 Å². The molecule has 0 amide bonds. The molecular weight excluding hydrogens is 292 g/mol. The molecule has 0 saturated heterocycles. The highest BCUT2D eigenvalue weighted by Gasteiger charge is 2.10. The summed E-state index contributed by atoms with van der Waals surface area (Å²) in [6.07, 6.45) is 23.7. The molecule has 0 atom stereocenters. The van der Waals surface area contributed by atoms with Gasteiger partial charge in [-0.1, -0.05) is 142 Å². The molecule has 140 valence electrons. The average Bonchev–Trinajstić information content (AvgIpc) is 2.57. The van der Waals surface area contributed by atoms with Crippen LogP contribution in [0.15, 0.2) is 0 Å². The van der Waals surface area contributed by atoms with Gasteiger partial charge in [-0.3, -0.25) is 0 Å². The lowest BCUT2D eigenvalue weighted by Gasteiger charge is -2.15. The van der Waals surface area contributed by atoms with E-state index < -0.39 is 8.80 Å². The Hall–Kier alpha value is 0.217. The van der Waals surface area contributed by atoms with E-state index in [9.17, 15) is 0 Å². The van der Waals surface area contributed by atoms with Gasteiger partial charge in [-0.25, -0.2) is 0 Å². The van der Waals surface area contributed by atoms with Crippen LogP contribution in [0.3, 0.4) is 0 Å². The normalized spacial score (nSPS) is 11.5. The highest BCUT2D eigenvalue weighted by atomic mass is 28.3. The maximum atomic E-state index is 2.33. The molecule has 0 unspecified atom stereocenters. The molecule has 0 nitrogen and oxygen atoms in total. The van der Waals surface area contributed by atoms with Crippen molar-refractivity contribution >= 4 is 8.80 Å². The summed E-state index contributed by atoms with van der Waals surface area (Å²) in [5.41, 5.74) is 0. The fraction of sp³-hybridized carbons (Fsp3) is 1.00. The van der Waals surface area contributed by atoms with E-state index in [4.69, 9.17) is 0 Å². The molecule has 0 radical (unpaired) electrons. The van der Waals surface area contributed by atoms with Crippen LogP contribution >= 0.6 is 0 Å². The molecule has 0 rings (SSSR count). The minimum Gasteiger partial charge on any atom is -0.0654 e. The van der Waals surface area contributed by atoms with Gasteiger partial charge >= 0.3 is 0 Å². The molecule has 0 aliphatic carbocycles. The van der Waals surface area contributed by atoms with E-state index in [0.29, 0.717) is 0 Å². The average molecular weight is 341 g/mol. The van der Waals surface area contributed by atoms with Crippen LogP contribution in [0.25, 0.3) is 0 Å². The fourth-order valence-corrected chi connectivity index (χ4v) is 7.18. The first-order valence-corrected chi connectivity index (χ1v) is 13.8. The predicted octanol–water partition coefficient (Wildman–Crippen LogP) is 8.51. The maximum Gasteiger partial charge on any atom is 0.0367 e. The quantitative estimate of drug-likeness (QED) is 0.163. The Kier molecular flexibility index (Phi) is 20.5. The Bertz CT molecular complexity index is 186. The second-order valence-corrected chi connectivity index (χ2v) is 11.3. The molecule has 0 spiro atoms. The Morgan fingerprint density at radius 3 is 0.957 bits per heavy atom. The molecule has 0 aliphatic rings. The molecule has 0 aromatic heterocycles. The van der Waals surface area contributed by atoms with Crippen LogP contribution in [-0.2, 0) is 0 Å². The van der Waals surface area contributed by atoms with Crippen molar-refractivity contribution in [2.75, 3.05) is 0 Å². The molecule has 0 aromatic carbocycles. The minimum atomic E-state index is -0.394. The summed E-state index contributed by atoms with van der Waals surface area (Å²) >= 11 is 0. The van der Waals surface area contributed by atoms with Crippen LogP contribution in [0, 0.1) is 0 Å². The van der Waals surface area contributed by atoms with Crippen molar-refractivity contribution in [2.45, 2.75) is 142 Å². The van der Waals surface area contributed by atoms with Crippen molar-refractivity contribution in [2.24, 2.45) is 0 Å². The van der Waals surface area contributed by atoms with Gasteiger partial charge in [-0.05, 0) is 0 Å². The monoisotopic (exact) mass is 340 g/mol. The zero-order chi connectivity index (χ0) is 17.0. The maximum absolute atomic E-state index is 2.33. The molecule has 0 bridgehead atoms. The van der Waals surface area contributed by atoms with Gasteiger partial charge in [0.15, 0.2) is 0 Å². The number of hydrogen-bond acceptors (Lipinski definition) is 0. The lowest BCUT2D eigenvalue weighted by atomic mass is 10.1. The van der Waals surface area contributed by atoms with E-state index in [1.54, 1.807) is 37.4 Å². The minimum absolute atomic E-state index is 0.394. The van der Waals surface area contributed by atoms with Crippen LogP contribution in [0.1, 0.15) is 124 Å². The van der Waals surface area contributed by atoms with Crippen LogP contribution in [-0.4, -0.2) is 8.80 Å². The molecule has 0 aliphatic heterocycles. The third kappa shape index (κ3) is 18.4. The van der Waals surface area contributed by atoms with Gasteiger partial charge in [-0.2, -0.15) is 0 Å². The van der Waals surface area contributed by atoms with E-state index in [0.717, 1.165) is 0 Å². The topological polar surface area (TPSA) is 0 Å². The van der Waals surface area contributed by atoms with Crippen LogP contribution < -0.4 is 0 Å². The van der Waals surface area contributed by atoms with Crippen LogP contribution in [0.4, 0.5) is 0 Å². The van der Waals surface area contributed by atoms with Crippen molar-refractivity contribution < 1.29 is 0 Å². The Labute approximate surface area is 150 Å². The second-order valence-electron chi connectivity index (χ2n) is 7.83. The number of unbranched alkanes of at least 4 members (excludes halogenated alkanes) is 13. The molecule has 0 saturated carbocycles. The van der Waals surface area contributed by atoms with E-state index in [1.807, 2.05) is 0 Å². The summed E-state index contributed by atoms with van der Waals surface area (Å²) in [4.78, 5) is 0. The molecular formula is C22H48Si. The Morgan fingerprint density at radius 2 is 0.609 bits per heavy atom. The summed E-state index contributed by atoms with van der Waals surface area (Å²) in [7, 11) is -0.394. The molecule has 1 heteroatoms. The SMILES string of the molecule is CCCCCCCC[SiH](CCCCCC)CCCCCCCC. The van der Waals surface area contributed by atoms with E-state index in [2.05, 4.69) is 20.8 Å². The van der Waals surface area contributed by atoms with Gasteiger partial charge in [0.1, 0.15) is 0 Å². The van der Waals surface area contributed by atoms with Crippen molar-refractivity contribution in [1.29, 1.82) is 0 Å². The zero-order valence-electron chi connectivity index (χ0n) is 17.0. The standard InChI is InChI=1S/C22H48Si/c1-4-7-10-13-15-18-21-23(20-17-12-9-6-3)22-19-16-14-11-8-5-2/h23H,4-22H2,1-3H3. The van der Waals surface area contributed by atoms with Gasteiger partial charge in [0, 0.05) is 8.80 Å². The Balaban J connectivity index is 3.70. The van der Waals surface area contributed by atoms with Crippen molar-refractivity contribution in [3.63, 3.8) is 0 Å². The Morgan fingerprint density at radius 1 is 0.348 bits per heavy atom. The van der Waals surface area contributed by atoms with Gasteiger partial charge in [0.2, 0.25) is 0 Å². The largest absolute Gasteiger partial charge is 0.0654 e. The summed E-state index contributed by atoms with van der Waals surface area (Å²) in [5.74, 6) is 0. The van der Waals surface area contributed by atoms with Crippen molar-refractivity contribution in [1.82, 2.24) is 0 Å². The summed E-state index contributed by atoms with van der Waals surface area (Å²) in [6.45, 7) is 6.97. The smallest absolute Gasteiger partial charge is 0.0367 e. The molecule has 0 heterocycles. The summed E-state index contributed by atoms with van der Waals surface area (Å²) < 4.78 is 0. The third-order valence-electron chi connectivity index (χ3n) is 5.40. The van der Waals surface area contributed by atoms with Crippen LogP contribution in [0.2, 0.25) is 18.1 Å². The summed E-state index contributed by atoms with van der Waals surface area (Å²) in [6, 6.07) is 4.98. The highest BCUT2D eigenvalue weighted by Crippen LogP contribution is 2.20. The third-order valence-corrected chi connectivity index (χ3v) is 9.07.